The van der Waals surface area contributed by atoms with Crippen LogP contribution < -0.4 is 15.5 Å². The van der Waals surface area contributed by atoms with E-state index < -0.39 is 0 Å². The fourth-order valence-corrected chi connectivity index (χ4v) is 3.88. The summed E-state index contributed by atoms with van der Waals surface area (Å²) >= 11 is 6.24. The quantitative estimate of drug-likeness (QED) is 0.726. The number of hydrogen-bond donors (Lipinski definition) is 2. The van der Waals surface area contributed by atoms with E-state index in [-0.39, 0.29) is 6.10 Å². The highest BCUT2D eigenvalue weighted by Crippen LogP contribution is 2.27. The molecule has 1 atom stereocenters. The molecule has 0 aliphatic carbocycles. The van der Waals surface area contributed by atoms with Crippen molar-refractivity contribution in [1.29, 1.82) is 5.26 Å². The molecule has 158 valence electrons. The summed E-state index contributed by atoms with van der Waals surface area (Å²) in [6, 6.07) is 8.09. The fourth-order valence-electron chi connectivity index (χ4n) is 3.72. The maximum Gasteiger partial charge on any atom is 0.229 e. The first kappa shape index (κ1) is 20.7. The van der Waals surface area contributed by atoms with Crippen LogP contribution in [0.15, 0.2) is 24.4 Å². The van der Waals surface area contributed by atoms with Gasteiger partial charge in [0.05, 0.1) is 23.6 Å². The molecule has 2 aliphatic rings. The van der Waals surface area contributed by atoms with Gasteiger partial charge in [-0.25, -0.2) is 4.98 Å². The molecule has 0 radical (unpaired) electrons. The van der Waals surface area contributed by atoms with Crippen LogP contribution in [-0.4, -0.2) is 67.4 Å². The molecule has 2 aliphatic heterocycles. The van der Waals surface area contributed by atoms with Crippen molar-refractivity contribution in [3.8, 4) is 6.07 Å². The number of hydrogen-bond acceptors (Lipinski definition) is 8. The molecule has 2 N–H and O–H groups in total. The summed E-state index contributed by atoms with van der Waals surface area (Å²) in [4.78, 5) is 13.3. The minimum absolute atomic E-state index is 0.188. The van der Waals surface area contributed by atoms with Gasteiger partial charge in [0.1, 0.15) is 11.1 Å². The fraction of sp³-hybridized carbons (Fsp3) is 0.476. The minimum atomic E-state index is 0.188. The molecule has 2 fully saturated rings. The third-order valence-electron chi connectivity index (χ3n) is 5.48. The number of likely N-dealkylation sites (N-methyl/N-ethyl adjacent to an activating group) is 1. The second-order valence-electron chi connectivity index (χ2n) is 7.67. The molecule has 9 heteroatoms. The van der Waals surface area contributed by atoms with Crippen LogP contribution in [0.4, 0.5) is 23.1 Å². The highest BCUT2D eigenvalue weighted by molar-refractivity contribution is 6.32. The molecule has 2 aromatic rings. The lowest BCUT2D eigenvalue weighted by molar-refractivity contribution is 0.120. The number of nitriles is 1. The third-order valence-corrected chi connectivity index (χ3v) is 5.76. The smallest absolute Gasteiger partial charge is 0.229 e. The molecule has 0 unspecified atom stereocenters. The lowest BCUT2D eigenvalue weighted by Gasteiger charge is -2.34. The Morgan fingerprint density at radius 3 is 2.87 bits per heavy atom. The first-order valence-electron chi connectivity index (χ1n) is 10.2. The van der Waals surface area contributed by atoms with Gasteiger partial charge in [-0.1, -0.05) is 11.6 Å². The van der Waals surface area contributed by atoms with Gasteiger partial charge >= 0.3 is 0 Å². The zero-order valence-corrected chi connectivity index (χ0v) is 17.8. The first-order valence-corrected chi connectivity index (χ1v) is 10.6. The Balaban J connectivity index is 1.45. The summed E-state index contributed by atoms with van der Waals surface area (Å²) in [5.74, 6) is 0.990. The number of piperazine rings is 1. The Hall–Kier alpha value is -2.60. The SMILES string of the molecule is CN1CCN(c2ccc(Nc3ncc(Cl)c(NC[C@H]4CCCO4)n3)cc2C#N)CC1. The lowest BCUT2D eigenvalue weighted by atomic mass is 10.1. The van der Waals surface area contributed by atoms with E-state index in [1.54, 1.807) is 6.20 Å². The molecule has 30 heavy (non-hydrogen) atoms. The van der Waals surface area contributed by atoms with Crippen LogP contribution in [-0.2, 0) is 4.74 Å². The predicted molar refractivity (Wildman–Crippen MR) is 119 cm³/mol. The van der Waals surface area contributed by atoms with Gasteiger partial charge < -0.3 is 25.2 Å². The van der Waals surface area contributed by atoms with Crippen molar-refractivity contribution in [2.75, 3.05) is 61.9 Å². The van der Waals surface area contributed by atoms with Crippen LogP contribution in [0.3, 0.4) is 0 Å². The Labute approximate surface area is 181 Å². The predicted octanol–water partition coefficient (Wildman–Crippen LogP) is 3.09. The van der Waals surface area contributed by atoms with Crippen molar-refractivity contribution in [1.82, 2.24) is 14.9 Å². The number of nitrogens with one attached hydrogen (secondary N) is 2. The van der Waals surface area contributed by atoms with Gasteiger partial charge in [-0.15, -0.1) is 0 Å². The number of aromatic nitrogens is 2. The Bertz CT molecular complexity index is 918. The molecule has 3 heterocycles. The second-order valence-corrected chi connectivity index (χ2v) is 8.07. The molecule has 0 spiro atoms. The normalized spacial score (nSPS) is 19.5. The van der Waals surface area contributed by atoms with Crippen LogP contribution in [0.5, 0.6) is 0 Å². The molecule has 0 saturated carbocycles. The maximum atomic E-state index is 9.66. The summed E-state index contributed by atoms with van der Waals surface area (Å²) in [7, 11) is 2.12. The Morgan fingerprint density at radius 1 is 1.30 bits per heavy atom. The summed E-state index contributed by atoms with van der Waals surface area (Å²) in [6.07, 6.45) is 3.88. The molecular weight excluding hydrogens is 402 g/mol. The van der Waals surface area contributed by atoms with Crippen molar-refractivity contribution < 1.29 is 4.74 Å². The topological polar surface area (TPSA) is 89.3 Å². The molecule has 0 amide bonds. The van der Waals surface area contributed by atoms with Crippen LogP contribution in [0.1, 0.15) is 18.4 Å². The maximum absolute atomic E-state index is 9.66. The number of nitrogens with zero attached hydrogens (tertiary/aromatic N) is 5. The van der Waals surface area contributed by atoms with E-state index >= 15 is 0 Å². The molecule has 2 saturated heterocycles. The van der Waals surface area contributed by atoms with E-state index in [9.17, 15) is 5.26 Å². The van der Waals surface area contributed by atoms with Crippen molar-refractivity contribution in [3.05, 3.63) is 35.0 Å². The van der Waals surface area contributed by atoms with Crippen molar-refractivity contribution in [2.24, 2.45) is 0 Å². The zero-order chi connectivity index (χ0) is 20.9. The zero-order valence-electron chi connectivity index (χ0n) is 17.1. The number of benzene rings is 1. The van der Waals surface area contributed by atoms with Gasteiger partial charge in [0.2, 0.25) is 5.95 Å². The molecule has 1 aromatic heterocycles. The highest BCUT2D eigenvalue weighted by Gasteiger charge is 2.18. The average Bonchev–Trinajstić information content (AvgIpc) is 3.28. The van der Waals surface area contributed by atoms with Crippen LogP contribution in [0, 0.1) is 11.3 Å². The van der Waals surface area contributed by atoms with E-state index in [1.165, 1.54) is 0 Å². The summed E-state index contributed by atoms with van der Waals surface area (Å²) in [5, 5.41) is 16.6. The van der Waals surface area contributed by atoms with E-state index in [0.717, 1.165) is 57.0 Å². The van der Waals surface area contributed by atoms with E-state index in [1.807, 2.05) is 18.2 Å². The standard InChI is InChI=1S/C21H26ClN7O/c1-28-6-8-29(9-7-28)19-5-4-16(11-15(19)12-23)26-21-25-14-18(22)20(27-21)24-13-17-3-2-10-30-17/h4-5,11,14,17H,2-3,6-10,13H2,1H3,(H2,24,25,26,27)/t17-/m1/s1. The molecular formula is C21H26ClN7O. The molecule has 4 rings (SSSR count). The third kappa shape index (κ3) is 4.93. The summed E-state index contributed by atoms with van der Waals surface area (Å²) < 4.78 is 5.63. The highest BCUT2D eigenvalue weighted by atomic mass is 35.5. The minimum Gasteiger partial charge on any atom is -0.376 e. The van der Waals surface area contributed by atoms with Gasteiger partial charge in [0.15, 0.2) is 5.82 Å². The van der Waals surface area contributed by atoms with Crippen molar-refractivity contribution >= 4 is 34.7 Å². The van der Waals surface area contributed by atoms with Gasteiger partial charge in [0.25, 0.3) is 0 Å². The van der Waals surface area contributed by atoms with E-state index in [0.29, 0.717) is 28.9 Å². The molecule has 8 nitrogen and oxygen atoms in total. The lowest BCUT2D eigenvalue weighted by Crippen LogP contribution is -2.44. The molecule has 1 aromatic carbocycles. The van der Waals surface area contributed by atoms with Crippen molar-refractivity contribution in [3.63, 3.8) is 0 Å². The first-order chi connectivity index (χ1) is 14.6. The number of anilines is 4. The van der Waals surface area contributed by atoms with Gasteiger partial charge in [-0.2, -0.15) is 10.2 Å². The van der Waals surface area contributed by atoms with Gasteiger partial charge in [-0.3, -0.25) is 0 Å². The Kier molecular flexibility index (Phi) is 6.53. The Morgan fingerprint density at radius 2 is 2.13 bits per heavy atom. The number of ether oxygens (including phenoxy) is 1. The largest absolute Gasteiger partial charge is 0.376 e. The van der Waals surface area contributed by atoms with E-state index in [2.05, 4.69) is 43.5 Å². The second kappa shape index (κ2) is 9.47. The number of halogens is 1. The van der Waals surface area contributed by atoms with Gasteiger partial charge in [-0.05, 0) is 38.1 Å². The van der Waals surface area contributed by atoms with Crippen LogP contribution in [0.2, 0.25) is 5.02 Å². The monoisotopic (exact) mass is 427 g/mol. The average molecular weight is 428 g/mol. The van der Waals surface area contributed by atoms with Crippen LogP contribution in [0.25, 0.3) is 0 Å². The van der Waals surface area contributed by atoms with Gasteiger partial charge in [0, 0.05) is 45.0 Å². The van der Waals surface area contributed by atoms with Crippen LogP contribution >= 0.6 is 11.6 Å². The number of rotatable bonds is 6. The molecule has 0 bridgehead atoms. The summed E-state index contributed by atoms with van der Waals surface area (Å²) in [5.41, 5.74) is 2.36. The summed E-state index contributed by atoms with van der Waals surface area (Å²) in [6.45, 7) is 5.28. The van der Waals surface area contributed by atoms with E-state index in [4.69, 9.17) is 16.3 Å². The van der Waals surface area contributed by atoms with Crippen molar-refractivity contribution in [2.45, 2.75) is 18.9 Å².